The molecule has 0 saturated carbocycles. The summed E-state index contributed by atoms with van der Waals surface area (Å²) >= 11 is 0. The zero-order valence-corrected chi connectivity index (χ0v) is 22.6. The number of rotatable bonds is 10. The predicted octanol–water partition coefficient (Wildman–Crippen LogP) is 4.98. The molecule has 2 unspecified atom stereocenters. The molecule has 1 saturated heterocycles. The maximum atomic E-state index is 11.4. The summed E-state index contributed by atoms with van der Waals surface area (Å²) in [5, 5.41) is 13.4. The van der Waals surface area contributed by atoms with Crippen molar-refractivity contribution in [2.45, 2.75) is 123 Å². The molecule has 1 heterocycles. The van der Waals surface area contributed by atoms with E-state index >= 15 is 0 Å². The van der Waals surface area contributed by atoms with Gasteiger partial charge in [-0.25, -0.2) is 0 Å². The van der Waals surface area contributed by atoms with Crippen LogP contribution in [0.1, 0.15) is 101 Å². The number of hydrogen-bond donors (Lipinski definition) is 1. The molecule has 2 atom stereocenters. The minimum atomic E-state index is -0.809. The molecule has 0 spiro atoms. The first-order valence-electron chi connectivity index (χ1n) is 11.1. The lowest BCUT2D eigenvalue weighted by Crippen LogP contribution is -2.65. The lowest BCUT2D eigenvalue weighted by Gasteiger charge is -2.55. The van der Waals surface area contributed by atoms with E-state index in [1.807, 2.05) is 0 Å². The lowest BCUT2D eigenvalue weighted by molar-refractivity contribution is -0.368. The highest BCUT2D eigenvalue weighted by molar-refractivity contribution is 6.32. The predicted molar refractivity (Wildman–Crippen MR) is 121 cm³/mol. The first-order chi connectivity index (χ1) is 12.3. The van der Waals surface area contributed by atoms with Gasteiger partial charge in [0.2, 0.25) is 0 Å². The van der Waals surface area contributed by atoms with Crippen molar-refractivity contribution in [3.05, 3.63) is 0 Å². The second-order valence-corrected chi connectivity index (χ2v) is 15.4. The molecular formula is C21H47NO3Si2. The largest absolute Gasteiger partial charge is 0.404 e. The summed E-state index contributed by atoms with van der Waals surface area (Å²) in [6, 6.07) is 0. The summed E-state index contributed by atoms with van der Waals surface area (Å²) < 4.78 is 13.3. The fraction of sp³-hybridized carbons (Fsp3) is 1.00. The zero-order chi connectivity index (χ0) is 21.1. The second kappa shape index (κ2) is 9.39. The number of piperidine rings is 1. The summed E-state index contributed by atoms with van der Waals surface area (Å²) in [6.45, 7) is 22.6. The van der Waals surface area contributed by atoms with Crippen molar-refractivity contribution in [2.24, 2.45) is 11.8 Å². The third-order valence-electron chi connectivity index (χ3n) is 7.56. The van der Waals surface area contributed by atoms with Crippen molar-refractivity contribution in [1.82, 2.24) is 5.06 Å². The van der Waals surface area contributed by atoms with Crippen LogP contribution < -0.4 is 0 Å². The van der Waals surface area contributed by atoms with Crippen molar-refractivity contribution in [3.63, 3.8) is 0 Å². The molecule has 1 aliphatic heterocycles. The summed E-state index contributed by atoms with van der Waals surface area (Å²) in [5.41, 5.74) is -1.16. The highest BCUT2D eigenvalue weighted by Gasteiger charge is 2.52. The van der Waals surface area contributed by atoms with Crippen LogP contribution in [0.2, 0.25) is 10.1 Å². The first-order valence-corrected chi connectivity index (χ1v) is 13.6. The molecule has 0 aromatic carbocycles. The first kappa shape index (κ1) is 25.3. The number of hydroxylamine groups is 2. The second-order valence-electron chi connectivity index (χ2n) is 10.6. The van der Waals surface area contributed by atoms with Gasteiger partial charge in [0.1, 0.15) is 11.4 Å². The standard InChI is InChI=1S/C21H47NO3Si2/c1-11-20(24-26-18(7,8)16(3)4)14-13-15-21(12-2,22(20)23)25-27-19(9,10)17(5)6/h16-17,23H,11-15,26-27H2,1-10H3. The van der Waals surface area contributed by atoms with Gasteiger partial charge in [-0.3, -0.25) is 0 Å². The molecule has 0 radical (unpaired) electrons. The van der Waals surface area contributed by atoms with Crippen LogP contribution >= 0.6 is 0 Å². The zero-order valence-electron chi connectivity index (χ0n) is 19.8. The molecule has 1 fully saturated rings. The van der Waals surface area contributed by atoms with Gasteiger partial charge >= 0.3 is 0 Å². The van der Waals surface area contributed by atoms with Crippen LogP contribution in [0.15, 0.2) is 0 Å². The Kier molecular flexibility index (Phi) is 8.80. The van der Waals surface area contributed by atoms with Crippen LogP contribution in [0, 0.1) is 11.8 Å². The molecule has 1 N–H and O–H groups in total. The van der Waals surface area contributed by atoms with Crippen LogP contribution in [-0.4, -0.2) is 41.2 Å². The van der Waals surface area contributed by atoms with Crippen molar-refractivity contribution in [3.8, 4) is 0 Å². The minimum absolute atomic E-state index is 0.213. The van der Waals surface area contributed by atoms with Crippen LogP contribution in [-0.2, 0) is 8.85 Å². The van der Waals surface area contributed by atoms with E-state index in [-0.39, 0.29) is 10.1 Å². The van der Waals surface area contributed by atoms with Gasteiger partial charge in [0, 0.05) is 0 Å². The Labute approximate surface area is 173 Å². The van der Waals surface area contributed by atoms with Crippen molar-refractivity contribution in [1.29, 1.82) is 0 Å². The van der Waals surface area contributed by atoms with E-state index in [1.165, 1.54) is 5.06 Å². The van der Waals surface area contributed by atoms with E-state index < -0.39 is 31.0 Å². The van der Waals surface area contributed by atoms with Gasteiger partial charge in [-0.1, -0.05) is 69.2 Å². The Bertz CT molecular complexity index is 430. The van der Waals surface area contributed by atoms with Gasteiger partial charge in [0.05, 0.1) is 0 Å². The molecule has 0 amide bonds. The SMILES string of the molecule is CCC1(O[SiH2]C(C)(C)C(C)C)CCCC(CC)(O[SiH2]C(C)(C)C(C)C)N1O. The highest BCUT2D eigenvalue weighted by Crippen LogP contribution is 2.45. The average Bonchev–Trinajstić information content (AvgIpc) is 2.60. The van der Waals surface area contributed by atoms with E-state index in [0.717, 1.165) is 32.1 Å². The Morgan fingerprint density at radius 3 is 1.44 bits per heavy atom. The van der Waals surface area contributed by atoms with E-state index in [4.69, 9.17) is 8.85 Å². The molecular weight excluding hydrogens is 370 g/mol. The molecule has 0 aromatic rings. The average molecular weight is 418 g/mol. The summed E-state index contributed by atoms with van der Waals surface area (Å²) in [7, 11) is -1.62. The summed E-state index contributed by atoms with van der Waals surface area (Å²) in [4.78, 5) is 0. The molecule has 0 bridgehead atoms. The fourth-order valence-corrected chi connectivity index (χ4v) is 6.21. The maximum Gasteiger partial charge on any atom is 0.170 e. The smallest absolute Gasteiger partial charge is 0.170 e. The third-order valence-corrected chi connectivity index (χ3v) is 12.0. The molecule has 27 heavy (non-hydrogen) atoms. The van der Waals surface area contributed by atoms with E-state index in [0.29, 0.717) is 11.8 Å². The Morgan fingerprint density at radius 1 is 0.852 bits per heavy atom. The molecule has 162 valence electrons. The van der Waals surface area contributed by atoms with Crippen LogP contribution in [0.4, 0.5) is 0 Å². The Balaban J connectivity index is 3.02. The van der Waals surface area contributed by atoms with Crippen molar-refractivity contribution >= 4 is 19.5 Å². The monoisotopic (exact) mass is 417 g/mol. The number of nitrogens with zero attached hydrogens (tertiary/aromatic N) is 1. The minimum Gasteiger partial charge on any atom is -0.404 e. The van der Waals surface area contributed by atoms with Gasteiger partial charge in [0.25, 0.3) is 0 Å². The summed E-state index contributed by atoms with van der Waals surface area (Å²) in [5.74, 6) is 1.17. The van der Waals surface area contributed by atoms with Gasteiger partial charge in [-0.05, 0) is 54.0 Å². The van der Waals surface area contributed by atoms with Gasteiger partial charge in [-0.2, -0.15) is 0 Å². The van der Waals surface area contributed by atoms with Gasteiger partial charge in [0.15, 0.2) is 19.5 Å². The van der Waals surface area contributed by atoms with E-state index in [9.17, 15) is 5.21 Å². The fourth-order valence-electron chi connectivity index (χ4n) is 3.32. The molecule has 0 aliphatic carbocycles. The van der Waals surface area contributed by atoms with Crippen molar-refractivity contribution < 1.29 is 14.1 Å². The van der Waals surface area contributed by atoms with Crippen LogP contribution in [0.5, 0.6) is 0 Å². The molecule has 4 nitrogen and oxygen atoms in total. The lowest BCUT2D eigenvalue weighted by atomic mass is 9.89. The highest BCUT2D eigenvalue weighted by atomic mass is 28.2. The Morgan fingerprint density at radius 2 is 1.19 bits per heavy atom. The van der Waals surface area contributed by atoms with E-state index in [1.54, 1.807) is 0 Å². The molecule has 6 heteroatoms. The number of hydrogen-bond acceptors (Lipinski definition) is 4. The third kappa shape index (κ3) is 5.67. The van der Waals surface area contributed by atoms with Crippen molar-refractivity contribution in [2.75, 3.05) is 0 Å². The normalized spacial score (nSPS) is 29.2. The van der Waals surface area contributed by atoms with Crippen LogP contribution in [0.3, 0.4) is 0 Å². The Hall–Kier alpha value is 0.274. The van der Waals surface area contributed by atoms with Crippen LogP contribution in [0.25, 0.3) is 0 Å². The molecule has 1 aliphatic rings. The molecule has 0 aromatic heterocycles. The quantitative estimate of drug-likeness (QED) is 0.509. The summed E-state index contributed by atoms with van der Waals surface area (Å²) in [6.07, 6.45) is 4.42. The van der Waals surface area contributed by atoms with Gasteiger partial charge in [-0.15, -0.1) is 5.06 Å². The maximum absolute atomic E-state index is 11.4. The van der Waals surface area contributed by atoms with Gasteiger partial charge < -0.3 is 14.1 Å². The van der Waals surface area contributed by atoms with E-state index in [2.05, 4.69) is 69.2 Å². The molecule has 1 rings (SSSR count). The topological polar surface area (TPSA) is 41.9 Å².